The number of hydrogen-bond acceptors (Lipinski definition) is 8. The Morgan fingerprint density at radius 1 is 0.548 bits per heavy atom. The summed E-state index contributed by atoms with van der Waals surface area (Å²) in [6.45, 7) is 0. The van der Waals surface area contributed by atoms with Crippen molar-refractivity contribution in [2.24, 2.45) is 0 Å². The summed E-state index contributed by atoms with van der Waals surface area (Å²) >= 11 is 13.9. The van der Waals surface area contributed by atoms with E-state index in [0.717, 1.165) is 42.8 Å². The first-order valence-corrected chi connectivity index (χ1v) is 16.6. The monoisotopic (exact) mass is 1040 g/mol. The maximum Gasteiger partial charge on any atom is 0.337 e. The van der Waals surface area contributed by atoms with Crippen LogP contribution in [0.1, 0.15) is 15.9 Å². The van der Waals surface area contributed by atoms with Gasteiger partial charge in [0.05, 0.1) is 48.3 Å². The molecule has 7 nitrogen and oxygen atoms in total. The molecule has 0 aliphatic rings. The highest BCUT2D eigenvalue weighted by molar-refractivity contribution is 14.1. The molecule has 0 saturated carbocycles. The third-order valence-corrected chi connectivity index (χ3v) is 9.01. The fourth-order valence-electron chi connectivity index (χ4n) is 3.31. The Labute approximate surface area is 304 Å². The molecule has 0 saturated heterocycles. The predicted molar refractivity (Wildman–Crippen MR) is 200 cm³/mol. The van der Waals surface area contributed by atoms with Crippen LogP contribution >= 0.6 is 103 Å². The number of carbonyl (C=O) groups excluding carboxylic acids is 1. The highest BCUT2D eigenvalue weighted by atomic mass is 127. The molecule has 0 aromatic heterocycles. The quantitative estimate of drug-likeness (QED) is 0.0983. The summed E-state index contributed by atoms with van der Waals surface area (Å²) in [6.07, 6.45) is 0. The number of halogens is 4. The Morgan fingerprint density at radius 3 is 1.19 bits per heavy atom. The third kappa shape index (κ3) is 9.68. The van der Waals surface area contributed by atoms with Gasteiger partial charge < -0.3 is 28.4 Å². The Morgan fingerprint density at radius 2 is 0.881 bits per heavy atom. The van der Waals surface area contributed by atoms with E-state index >= 15 is 0 Å². The van der Waals surface area contributed by atoms with Gasteiger partial charge in [0.2, 0.25) is 0 Å². The van der Waals surface area contributed by atoms with Crippen LogP contribution in [0.2, 0.25) is 0 Å². The van der Waals surface area contributed by atoms with Crippen LogP contribution in [0.15, 0.2) is 72.8 Å². The zero-order valence-corrected chi connectivity index (χ0v) is 32.2. The molecule has 0 unspecified atom stereocenters. The molecule has 0 bridgehead atoms. The summed E-state index contributed by atoms with van der Waals surface area (Å²) < 4.78 is 35.6. The standard InChI is InChI=1S/C15H12I2O4.C15H12I2O3S/c1-19-10-3-5-11(6-4-10)21-14-12(16)7-9(8-13(14)17)15(18)20-2;1-18-10-3-5-11(6-4-10)20-14-12(16)7-9(8-13(14)17)15(21)19-2/h2*3-8H,1-2H3. The van der Waals surface area contributed by atoms with Gasteiger partial charge in [-0.3, -0.25) is 0 Å². The van der Waals surface area contributed by atoms with Crippen molar-refractivity contribution in [2.45, 2.75) is 0 Å². The van der Waals surface area contributed by atoms with E-state index in [9.17, 15) is 4.79 Å². The van der Waals surface area contributed by atoms with Crippen molar-refractivity contribution in [2.75, 3.05) is 28.4 Å². The molecule has 0 spiro atoms. The van der Waals surface area contributed by atoms with E-state index in [1.807, 2.05) is 60.7 Å². The van der Waals surface area contributed by atoms with E-state index in [1.54, 1.807) is 33.5 Å². The van der Waals surface area contributed by atoms with Gasteiger partial charge in [-0.2, -0.15) is 0 Å². The second kappa shape index (κ2) is 17.0. The minimum Gasteiger partial charge on any atom is -0.497 e. The summed E-state index contributed by atoms with van der Waals surface area (Å²) in [5, 5.41) is 0.474. The molecule has 0 radical (unpaired) electrons. The molecule has 4 aromatic carbocycles. The largest absolute Gasteiger partial charge is 0.497 e. The van der Waals surface area contributed by atoms with Crippen molar-refractivity contribution in [3.63, 3.8) is 0 Å². The molecule has 0 aliphatic carbocycles. The molecule has 12 heteroatoms. The summed E-state index contributed by atoms with van der Waals surface area (Å²) in [4.78, 5) is 11.6. The van der Waals surface area contributed by atoms with Crippen molar-refractivity contribution in [1.82, 2.24) is 0 Å². The van der Waals surface area contributed by atoms with Crippen molar-refractivity contribution >= 4 is 114 Å². The van der Waals surface area contributed by atoms with Crippen LogP contribution in [0.3, 0.4) is 0 Å². The summed E-state index contributed by atoms with van der Waals surface area (Å²) in [5.41, 5.74) is 1.39. The fraction of sp³-hybridized carbons (Fsp3) is 0.133. The molecule has 4 aromatic rings. The summed E-state index contributed by atoms with van der Waals surface area (Å²) in [6, 6.07) is 22.2. The van der Waals surface area contributed by atoms with Gasteiger partial charge in [-0.1, -0.05) is 0 Å². The molecule has 0 heterocycles. The van der Waals surface area contributed by atoms with Gasteiger partial charge >= 0.3 is 5.97 Å². The Balaban J connectivity index is 0.000000230. The molecular weight excluding hydrogens is 1010 g/mol. The summed E-state index contributed by atoms with van der Waals surface area (Å²) in [7, 11) is 6.19. The number of methoxy groups -OCH3 is 4. The maximum absolute atomic E-state index is 11.6. The second-order valence-corrected chi connectivity index (χ2v) is 13.1. The van der Waals surface area contributed by atoms with E-state index in [4.69, 9.17) is 40.6 Å². The number of benzene rings is 4. The molecular formula is C30H24I4O7S. The zero-order valence-electron chi connectivity index (χ0n) is 22.7. The van der Waals surface area contributed by atoms with E-state index < -0.39 is 0 Å². The smallest absolute Gasteiger partial charge is 0.337 e. The number of thiocarbonyl (C=S) groups is 1. The van der Waals surface area contributed by atoms with Crippen LogP contribution in [0.4, 0.5) is 0 Å². The molecule has 0 atom stereocenters. The first-order chi connectivity index (χ1) is 20.1. The van der Waals surface area contributed by atoms with Gasteiger partial charge in [-0.15, -0.1) is 0 Å². The molecule has 4 rings (SSSR count). The first-order valence-electron chi connectivity index (χ1n) is 11.9. The molecule has 220 valence electrons. The van der Waals surface area contributed by atoms with E-state index in [1.165, 1.54) is 7.11 Å². The Bertz CT molecular complexity index is 1380. The zero-order chi connectivity index (χ0) is 30.8. The second-order valence-electron chi connectivity index (χ2n) is 8.08. The number of rotatable bonds is 8. The number of ether oxygens (including phenoxy) is 6. The maximum atomic E-state index is 11.6. The average Bonchev–Trinajstić information content (AvgIpc) is 3.00. The van der Waals surface area contributed by atoms with Gasteiger partial charge in [0, 0.05) is 5.56 Å². The molecule has 0 N–H and O–H groups in total. The van der Waals surface area contributed by atoms with Crippen molar-refractivity contribution in [1.29, 1.82) is 0 Å². The van der Waals surface area contributed by atoms with E-state index in [-0.39, 0.29) is 5.97 Å². The van der Waals surface area contributed by atoms with Crippen LogP contribution in [-0.2, 0) is 9.47 Å². The van der Waals surface area contributed by atoms with E-state index in [2.05, 4.69) is 90.4 Å². The van der Waals surface area contributed by atoms with Crippen LogP contribution in [-0.4, -0.2) is 39.5 Å². The Hall–Kier alpha value is -1.64. The normalized spacial score (nSPS) is 10.1. The van der Waals surface area contributed by atoms with Crippen LogP contribution in [0.5, 0.6) is 34.5 Å². The Kier molecular flexibility index (Phi) is 14.1. The van der Waals surface area contributed by atoms with Gasteiger partial charge in [-0.25, -0.2) is 4.79 Å². The van der Waals surface area contributed by atoms with Crippen molar-refractivity contribution < 1.29 is 33.2 Å². The molecule has 0 aliphatic heterocycles. The lowest BCUT2D eigenvalue weighted by Crippen LogP contribution is -2.03. The third-order valence-electron chi connectivity index (χ3n) is 5.40. The highest BCUT2D eigenvalue weighted by Gasteiger charge is 2.15. The SMILES string of the molecule is COC(=O)c1cc(I)c(Oc2ccc(OC)cc2)c(I)c1.COC(=S)c1cc(I)c(Oc2ccc(OC)cc2)c(I)c1. The molecule has 0 fully saturated rings. The topological polar surface area (TPSA) is 72.5 Å². The number of carbonyl (C=O) groups is 1. The fourth-order valence-corrected chi connectivity index (χ4v) is 7.40. The van der Waals surface area contributed by atoms with Gasteiger partial charge in [0.1, 0.15) is 23.0 Å². The lowest BCUT2D eigenvalue weighted by atomic mass is 10.2. The van der Waals surface area contributed by atoms with Crippen molar-refractivity contribution in [3.8, 4) is 34.5 Å². The summed E-state index contributed by atoms with van der Waals surface area (Å²) in [5.74, 6) is 4.20. The van der Waals surface area contributed by atoms with Gasteiger partial charge in [-0.05, 0) is 175 Å². The van der Waals surface area contributed by atoms with Crippen LogP contribution in [0, 0.1) is 14.3 Å². The first kappa shape index (κ1) is 34.8. The molecule has 0 amide bonds. The minimum atomic E-state index is -0.359. The predicted octanol–water partition coefficient (Wildman–Crippen LogP) is 9.50. The van der Waals surface area contributed by atoms with Gasteiger partial charge in [0.15, 0.2) is 16.5 Å². The minimum absolute atomic E-state index is 0.359. The average molecular weight is 1040 g/mol. The number of esters is 1. The van der Waals surface area contributed by atoms with Crippen LogP contribution in [0.25, 0.3) is 0 Å². The van der Waals surface area contributed by atoms with Crippen molar-refractivity contribution in [3.05, 3.63) is 98.2 Å². The number of hydrogen-bond donors (Lipinski definition) is 0. The lowest BCUT2D eigenvalue weighted by Gasteiger charge is -2.12. The van der Waals surface area contributed by atoms with E-state index in [0.29, 0.717) is 22.1 Å². The highest BCUT2D eigenvalue weighted by Crippen LogP contribution is 2.35. The molecule has 42 heavy (non-hydrogen) atoms. The van der Waals surface area contributed by atoms with Gasteiger partial charge in [0.25, 0.3) is 0 Å². The lowest BCUT2D eigenvalue weighted by molar-refractivity contribution is 0.0600. The van der Waals surface area contributed by atoms with Crippen LogP contribution < -0.4 is 18.9 Å².